The molecule has 2 N–H and O–H groups in total. The SMILES string of the molecule is CC#CC(CC(=O)NO)c1ccc(OCc2noc(-c3ccc(C(F)(F)F)cc3)n2)cc1. The molecule has 0 saturated heterocycles. The Balaban J connectivity index is 1.62. The number of nitrogens with zero attached hydrogens (tertiary/aromatic N) is 2. The van der Waals surface area contributed by atoms with E-state index in [1.807, 2.05) is 0 Å². The molecule has 1 atom stereocenters. The minimum atomic E-state index is -4.42. The molecule has 3 aromatic rings. The number of aromatic nitrogens is 2. The average molecular weight is 445 g/mol. The second kappa shape index (κ2) is 9.98. The van der Waals surface area contributed by atoms with Crippen molar-refractivity contribution in [3.63, 3.8) is 0 Å². The summed E-state index contributed by atoms with van der Waals surface area (Å²) in [5.74, 6) is 5.55. The first-order valence-corrected chi connectivity index (χ1v) is 9.38. The summed E-state index contributed by atoms with van der Waals surface area (Å²) in [4.78, 5) is 15.6. The summed E-state index contributed by atoms with van der Waals surface area (Å²) in [5, 5.41) is 12.5. The van der Waals surface area contributed by atoms with E-state index in [2.05, 4.69) is 22.0 Å². The van der Waals surface area contributed by atoms with Gasteiger partial charge in [-0.05, 0) is 48.9 Å². The van der Waals surface area contributed by atoms with Crippen molar-refractivity contribution in [2.24, 2.45) is 0 Å². The van der Waals surface area contributed by atoms with Gasteiger partial charge in [0.25, 0.3) is 5.89 Å². The monoisotopic (exact) mass is 445 g/mol. The molecule has 0 bridgehead atoms. The van der Waals surface area contributed by atoms with Crippen LogP contribution in [0.15, 0.2) is 53.1 Å². The highest BCUT2D eigenvalue weighted by Gasteiger charge is 2.30. The molecule has 1 heterocycles. The number of ether oxygens (including phenoxy) is 1. The number of carbonyl (C=O) groups is 1. The largest absolute Gasteiger partial charge is 0.485 e. The van der Waals surface area contributed by atoms with E-state index in [1.165, 1.54) is 12.1 Å². The molecule has 1 unspecified atom stereocenters. The molecule has 1 amide bonds. The molecule has 32 heavy (non-hydrogen) atoms. The van der Waals surface area contributed by atoms with E-state index in [0.717, 1.165) is 17.7 Å². The summed E-state index contributed by atoms with van der Waals surface area (Å²) in [5.41, 5.74) is 1.96. The molecule has 10 heteroatoms. The zero-order valence-corrected chi connectivity index (χ0v) is 16.8. The first kappa shape index (κ1) is 22.8. The van der Waals surface area contributed by atoms with Gasteiger partial charge in [-0.2, -0.15) is 18.2 Å². The number of nitrogens with one attached hydrogen (secondary N) is 1. The second-order valence-electron chi connectivity index (χ2n) is 6.63. The molecule has 0 fully saturated rings. The quantitative estimate of drug-likeness (QED) is 0.319. The van der Waals surface area contributed by atoms with Crippen LogP contribution in [0.25, 0.3) is 11.5 Å². The minimum Gasteiger partial charge on any atom is -0.485 e. The number of hydrogen-bond acceptors (Lipinski definition) is 6. The summed E-state index contributed by atoms with van der Waals surface area (Å²) in [6.07, 6.45) is -4.41. The fraction of sp³-hybridized carbons (Fsp3) is 0.227. The van der Waals surface area contributed by atoms with E-state index in [0.29, 0.717) is 11.3 Å². The van der Waals surface area contributed by atoms with Gasteiger partial charge in [-0.1, -0.05) is 23.2 Å². The number of halogens is 3. The second-order valence-corrected chi connectivity index (χ2v) is 6.63. The van der Waals surface area contributed by atoms with Crippen LogP contribution in [0, 0.1) is 11.8 Å². The summed E-state index contributed by atoms with van der Waals surface area (Å²) in [7, 11) is 0. The van der Waals surface area contributed by atoms with E-state index >= 15 is 0 Å². The minimum absolute atomic E-state index is 0.00707. The number of benzene rings is 2. The molecule has 166 valence electrons. The third-order valence-corrected chi connectivity index (χ3v) is 4.41. The van der Waals surface area contributed by atoms with Crippen LogP contribution in [-0.2, 0) is 17.6 Å². The van der Waals surface area contributed by atoms with Gasteiger partial charge in [-0.25, -0.2) is 5.48 Å². The van der Waals surface area contributed by atoms with Gasteiger partial charge in [0.05, 0.1) is 11.5 Å². The van der Waals surface area contributed by atoms with Crippen LogP contribution >= 0.6 is 0 Å². The third-order valence-electron chi connectivity index (χ3n) is 4.41. The van der Waals surface area contributed by atoms with Gasteiger partial charge >= 0.3 is 6.18 Å². The van der Waals surface area contributed by atoms with Crippen LogP contribution in [-0.4, -0.2) is 21.3 Å². The van der Waals surface area contributed by atoms with E-state index in [9.17, 15) is 18.0 Å². The molecule has 2 aromatic carbocycles. The molecule has 0 aliphatic heterocycles. The van der Waals surface area contributed by atoms with Crippen LogP contribution in [0.2, 0.25) is 0 Å². The van der Waals surface area contributed by atoms with Crippen molar-refractivity contribution >= 4 is 5.91 Å². The molecular weight excluding hydrogens is 427 g/mol. The zero-order chi connectivity index (χ0) is 23.1. The van der Waals surface area contributed by atoms with Gasteiger partial charge in [-0.15, -0.1) is 5.92 Å². The lowest BCUT2D eigenvalue weighted by Gasteiger charge is -2.11. The molecule has 0 spiro atoms. The molecule has 0 radical (unpaired) electrons. The fourth-order valence-electron chi connectivity index (χ4n) is 2.83. The Morgan fingerprint density at radius 1 is 1.19 bits per heavy atom. The zero-order valence-electron chi connectivity index (χ0n) is 16.8. The van der Waals surface area contributed by atoms with Crippen LogP contribution < -0.4 is 10.2 Å². The molecule has 7 nitrogen and oxygen atoms in total. The highest BCUT2D eigenvalue weighted by atomic mass is 19.4. The van der Waals surface area contributed by atoms with E-state index in [4.69, 9.17) is 14.5 Å². The number of rotatable bonds is 7. The molecular formula is C22H18F3N3O4. The summed E-state index contributed by atoms with van der Waals surface area (Å²) >= 11 is 0. The van der Waals surface area contributed by atoms with Gasteiger partial charge in [0.15, 0.2) is 6.61 Å². The first-order valence-electron chi connectivity index (χ1n) is 9.38. The lowest BCUT2D eigenvalue weighted by atomic mass is 9.96. The molecule has 0 aliphatic carbocycles. The number of hydrogen-bond donors (Lipinski definition) is 2. The van der Waals surface area contributed by atoms with Gasteiger partial charge < -0.3 is 9.26 Å². The standard InChI is InChI=1S/C22H18F3N3O4/c1-2-3-16(12-20(29)27-30)14-6-10-18(11-7-14)31-13-19-26-21(32-28-19)15-4-8-17(9-5-15)22(23,24)25/h4-11,16,30H,12-13H2,1H3,(H,27,29). The molecule has 0 aliphatic rings. The fourth-order valence-corrected chi connectivity index (χ4v) is 2.83. The van der Waals surface area contributed by atoms with Gasteiger partial charge in [0.1, 0.15) is 5.75 Å². The summed E-state index contributed by atoms with van der Waals surface area (Å²) in [6.45, 7) is 1.64. The van der Waals surface area contributed by atoms with E-state index in [-0.39, 0.29) is 30.7 Å². The maximum atomic E-state index is 12.7. The topological polar surface area (TPSA) is 97.5 Å². The van der Waals surface area contributed by atoms with Crippen molar-refractivity contribution < 1.29 is 32.4 Å². The molecule has 3 rings (SSSR count). The highest BCUT2D eigenvalue weighted by Crippen LogP contribution is 2.30. The van der Waals surface area contributed by atoms with Crippen molar-refractivity contribution in [2.45, 2.75) is 32.0 Å². The average Bonchev–Trinajstić information content (AvgIpc) is 3.26. The number of hydroxylamine groups is 1. The van der Waals surface area contributed by atoms with Crippen LogP contribution in [0.5, 0.6) is 5.75 Å². The lowest BCUT2D eigenvalue weighted by Crippen LogP contribution is -2.20. The highest BCUT2D eigenvalue weighted by molar-refractivity contribution is 5.76. The van der Waals surface area contributed by atoms with Crippen molar-refractivity contribution in [1.82, 2.24) is 15.6 Å². The van der Waals surface area contributed by atoms with E-state index in [1.54, 1.807) is 36.7 Å². The molecule has 1 aromatic heterocycles. The van der Waals surface area contributed by atoms with Crippen LogP contribution in [0.4, 0.5) is 13.2 Å². The predicted octanol–water partition coefficient (Wildman–Crippen LogP) is 4.34. The van der Waals surface area contributed by atoms with Crippen LogP contribution in [0.1, 0.15) is 36.2 Å². The van der Waals surface area contributed by atoms with Crippen LogP contribution in [0.3, 0.4) is 0 Å². The maximum absolute atomic E-state index is 12.7. The maximum Gasteiger partial charge on any atom is 0.416 e. The Labute approximate surface area is 181 Å². The summed E-state index contributed by atoms with van der Waals surface area (Å²) < 4.78 is 48.7. The Bertz CT molecular complexity index is 1110. The Kier molecular flexibility index (Phi) is 7.12. The van der Waals surface area contributed by atoms with Gasteiger partial charge in [0, 0.05) is 12.0 Å². The van der Waals surface area contributed by atoms with Gasteiger partial charge in [-0.3, -0.25) is 10.0 Å². The van der Waals surface area contributed by atoms with Crippen molar-refractivity contribution in [3.05, 3.63) is 65.5 Å². The van der Waals surface area contributed by atoms with Gasteiger partial charge in [0.2, 0.25) is 11.7 Å². The number of carbonyl (C=O) groups excluding carboxylic acids is 1. The van der Waals surface area contributed by atoms with Crippen molar-refractivity contribution in [3.8, 4) is 29.0 Å². The third kappa shape index (κ3) is 5.86. The number of amides is 1. The lowest BCUT2D eigenvalue weighted by molar-refractivity contribution is -0.137. The normalized spacial score (nSPS) is 11.9. The summed E-state index contributed by atoms with van der Waals surface area (Å²) in [6, 6.07) is 11.3. The number of alkyl halides is 3. The van der Waals surface area contributed by atoms with Crippen molar-refractivity contribution in [2.75, 3.05) is 0 Å². The predicted molar refractivity (Wildman–Crippen MR) is 106 cm³/mol. The van der Waals surface area contributed by atoms with Crippen molar-refractivity contribution in [1.29, 1.82) is 0 Å². The first-order chi connectivity index (χ1) is 15.3. The smallest absolute Gasteiger partial charge is 0.416 e. The Morgan fingerprint density at radius 3 is 2.47 bits per heavy atom. The Hall–Kier alpha value is -3.84. The van der Waals surface area contributed by atoms with E-state index < -0.39 is 17.6 Å². The molecule has 0 saturated carbocycles. The Morgan fingerprint density at radius 2 is 1.88 bits per heavy atom.